The van der Waals surface area contributed by atoms with Gasteiger partial charge < -0.3 is 4.98 Å². The molecule has 0 bridgehead atoms. The second kappa shape index (κ2) is 9.22. The molecule has 2 aliphatic carbocycles. The number of nitrogens with zero attached hydrogens (tertiary/aromatic N) is 1. The minimum absolute atomic E-state index is 0.0355. The predicted molar refractivity (Wildman–Crippen MR) is 140 cm³/mol. The molecule has 0 spiro atoms. The van der Waals surface area contributed by atoms with E-state index in [1.54, 1.807) is 24.3 Å². The first-order chi connectivity index (χ1) is 17.9. The van der Waals surface area contributed by atoms with Gasteiger partial charge in [0.25, 0.3) is 0 Å². The molecule has 0 fully saturated rings. The van der Waals surface area contributed by atoms with Crippen LogP contribution in [0.3, 0.4) is 0 Å². The van der Waals surface area contributed by atoms with Crippen LogP contribution in [0.5, 0.6) is 0 Å². The Morgan fingerprint density at radius 3 is 1.74 bits per heavy atom. The van der Waals surface area contributed by atoms with E-state index in [1.165, 1.54) is 0 Å². The summed E-state index contributed by atoms with van der Waals surface area (Å²) in [5.74, 6) is -9.92. The van der Waals surface area contributed by atoms with Crippen molar-refractivity contribution in [1.82, 2.24) is 4.98 Å². The normalized spacial score (nSPS) is 18.9. The molecule has 1 aliphatic heterocycles. The number of hydrogen-bond donors (Lipinski definition) is 1. The van der Waals surface area contributed by atoms with E-state index in [1.807, 2.05) is 76.3 Å². The summed E-state index contributed by atoms with van der Waals surface area (Å²) in [6.45, 7) is 7.99. The lowest BCUT2D eigenvalue weighted by atomic mass is 9.75. The summed E-state index contributed by atoms with van der Waals surface area (Å²) >= 11 is 0. The highest BCUT2D eigenvalue weighted by atomic mass is 19.2. The number of aromatic nitrogens is 1. The Labute approximate surface area is 218 Å². The van der Waals surface area contributed by atoms with E-state index >= 15 is 8.78 Å². The highest BCUT2D eigenvalue weighted by Crippen LogP contribution is 2.42. The third-order valence-electron chi connectivity index (χ3n) is 7.83. The number of allylic oxidation sites excluding steroid dienone is 10. The molecule has 2 aromatic rings. The molecule has 3 aliphatic rings. The molecule has 196 valence electrons. The molecule has 0 saturated heterocycles. The van der Waals surface area contributed by atoms with Gasteiger partial charge in [-0.3, -0.25) is 4.99 Å². The fourth-order valence-electron chi connectivity index (χ4n) is 5.18. The Kier molecular flexibility index (Phi) is 6.28. The molecule has 0 unspecified atom stereocenters. The maximum Gasteiger partial charge on any atom is 0.200 e. The van der Waals surface area contributed by atoms with Crippen LogP contribution in [0.2, 0.25) is 0 Å². The molecule has 0 saturated carbocycles. The minimum atomic E-state index is -2.20. The van der Waals surface area contributed by atoms with Crippen molar-refractivity contribution in [2.75, 3.05) is 0 Å². The fourth-order valence-corrected chi connectivity index (χ4v) is 5.18. The highest BCUT2D eigenvalue weighted by Gasteiger charge is 2.36. The summed E-state index contributed by atoms with van der Waals surface area (Å²) in [5, 5.41) is 0. The Hall–Kier alpha value is -3.74. The third kappa shape index (κ3) is 4.05. The average molecular weight is 523 g/mol. The van der Waals surface area contributed by atoms with Crippen molar-refractivity contribution in [1.29, 1.82) is 0 Å². The third-order valence-corrected chi connectivity index (χ3v) is 7.83. The van der Waals surface area contributed by atoms with Gasteiger partial charge in [-0.15, -0.1) is 0 Å². The zero-order valence-electron chi connectivity index (χ0n) is 21.4. The van der Waals surface area contributed by atoms with Gasteiger partial charge in [0.2, 0.25) is 5.82 Å². The highest BCUT2D eigenvalue weighted by molar-refractivity contribution is 6.05. The van der Waals surface area contributed by atoms with Crippen LogP contribution >= 0.6 is 0 Å². The van der Waals surface area contributed by atoms with Crippen molar-refractivity contribution < 1.29 is 22.0 Å². The van der Waals surface area contributed by atoms with E-state index in [4.69, 9.17) is 0 Å². The summed E-state index contributed by atoms with van der Waals surface area (Å²) < 4.78 is 73.0. The Bertz CT molecular complexity index is 1470. The van der Waals surface area contributed by atoms with Gasteiger partial charge in [-0.1, -0.05) is 76.3 Å². The van der Waals surface area contributed by atoms with Crippen molar-refractivity contribution >= 4 is 11.3 Å². The van der Waals surface area contributed by atoms with Crippen molar-refractivity contribution in [2.45, 2.75) is 33.1 Å². The van der Waals surface area contributed by atoms with Gasteiger partial charge in [0, 0.05) is 45.3 Å². The zero-order chi connectivity index (χ0) is 27.4. The van der Waals surface area contributed by atoms with Crippen molar-refractivity contribution in [2.24, 2.45) is 22.2 Å². The lowest BCUT2D eigenvalue weighted by Gasteiger charge is -2.29. The number of rotatable bonds is 6. The SMILES string of the molecule is CC(C)(C1=N/C(=C(\c2ccc(C(C)(C)C3C=CC=C3)[nH]2)c2c(F)c(F)c(F)c(F)c2F)C=C1)C1C=CC=C1. The molecular weight excluding hydrogens is 495 g/mol. The molecule has 0 amide bonds. The van der Waals surface area contributed by atoms with Gasteiger partial charge in [-0.2, -0.15) is 0 Å². The van der Waals surface area contributed by atoms with Crippen LogP contribution in [0.25, 0.3) is 5.57 Å². The summed E-state index contributed by atoms with van der Waals surface area (Å²) in [5.41, 5.74) is -0.455. The summed E-state index contributed by atoms with van der Waals surface area (Å²) in [4.78, 5) is 7.87. The Morgan fingerprint density at radius 2 is 1.18 bits per heavy atom. The van der Waals surface area contributed by atoms with Gasteiger partial charge in [0.1, 0.15) is 0 Å². The smallest absolute Gasteiger partial charge is 0.200 e. The first-order valence-corrected chi connectivity index (χ1v) is 12.4. The topological polar surface area (TPSA) is 28.1 Å². The van der Waals surface area contributed by atoms with Gasteiger partial charge in [-0.05, 0) is 24.3 Å². The maximum atomic E-state index is 15.2. The van der Waals surface area contributed by atoms with E-state index in [2.05, 4.69) is 9.98 Å². The fraction of sp³-hybridized carbons (Fsp3) is 0.258. The average Bonchev–Trinajstić information content (AvgIpc) is 3.71. The van der Waals surface area contributed by atoms with Crippen molar-refractivity contribution in [3.63, 3.8) is 0 Å². The van der Waals surface area contributed by atoms with Crippen LogP contribution in [0.15, 0.2) is 83.6 Å². The minimum Gasteiger partial charge on any atom is -0.358 e. The molecule has 1 aromatic heterocycles. The second-order valence-electron chi connectivity index (χ2n) is 10.9. The molecule has 38 heavy (non-hydrogen) atoms. The Morgan fingerprint density at radius 1 is 0.684 bits per heavy atom. The van der Waals surface area contributed by atoms with Crippen LogP contribution in [0, 0.1) is 46.3 Å². The lowest BCUT2D eigenvalue weighted by molar-refractivity contribution is 0.376. The monoisotopic (exact) mass is 522 g/mol. The van der Waals surface area contributed by atoms with Crippen molar-refractivity contribution in [3.05, 3.63) is 125 Å². The lowest BCUT2D eigenvalue weighted by Crippen LogP contribution is -2.28. The van der Waals surface area contributed by atoms with Gasteiger partial charge in [0.05, 0.1) is 11.3 Å². The van der Waals surface area contributed by atoms with Crippen LogP contribution in [0.4, 0.5) is 22.0 Å². The first kappa shape index (κ1) is 25.9. The van der Waals surface area contributed by atoms with Crippen LogP contribution in [-0.2, 0) is 5.41 Å². The number of aromatic amines is 1. The van der Waals surface area contributed by atoms with E-state index in [0.717, 1.165) is 5.69 Å². The van der Waals surface area contributed by atoms with Crippen LogP contribution < -0.4 is 0 Å². The van der Waals surface area contributed by atoms with Gasteiger partial charge in [-0.25, -0.2) is 22.0 Å². The van der Waals surface area contributed by atoms with Crippen LogP contribution in [0.1, 0.15) is 44.6 Å². The summed E-state index contributed by atoms with van der Waals surface area (Å²) in [7, 11) is 0. The molecule has 1 N–H and O–H groups in total. The van der Waals surface area contributed by atoms with Gasteiger partial charge in [0.15, 0.2) is 23.3 Å². The van der Waals surface area contributed by atoms with Gasteiger partial charge >= 0.3 is 0 Å². The zero-order valence-corrected chi connectivity index (χ0v) is 21.4. The summed E-state index contributed by atoms with van der Waals surface area (Å²) in [6.07, 6.45) is 19.1. The summed E-state index contributed by atoms with van der Waals surface area (Å²) in [6, 6.07) is 3.36. The van der Waals surface area contributed by atoms with E-state index in [9.17, 15) is 13.2 Å². The number of hydrogen-bond acceptors (Lipinski definition) is 1. The van der Waals surface area contributed by atoms with E-state index in [-0.39, 0.29) is 28.8 Å². The molecule has 7 heteroatoms. The van der Waals surface area contributed by atoms with E-state index < -0.39 is 45.5 Å². The number of aliphatic imine (C=N–C) groups is 1. The van der Waals surface area contributed by atoms with Crippen LogP contribution in [-0.4, -0.2) is 10.7 Å². The van der Waals surface area contributed by atoms with Crippen molar-refractivity contribution in [3.8, 4) is 0 Å². The second-order valence-corrected chi connectivity index (χ2v) is 10.9. The standard InChI is InChI=1S/C31H27F5N2/c1-30(2,17-9-5-6-10-17)21-15-13-19(37-21)23(24-25(32)27(34)29(36)28(35)26(24)33)20-14-16-22(38-20)31(3,4)18-11-7-8-12-18/h5-18,37H,1-4H3/b23-20+. The molecular formula is C31H27F5N2. The Balaban J connectivity index is 1.71. The number of nitrogens with one attached hydrogen (secondary N) is 1. The molecule has 2 nitrogen and oxygen atoms in total. The maximum absolute atomic E-state index is 15.2. The largest absolute Gasteiger partial charge is 0.358 e. The predicted octanol–water partition coefficient (Wildman–Crippen LogP) is 8.27. The number of benzene rings is 1. The quantitative estimate of drug-likeness (QED) is 0.225. The molecule has 0 radical (unpaired) electrons. The van der Waals surface area contributed by atoms with E-state index in [0.29, 0.717) is 5.71 Å². The molecule has 5 rings (SSSR count). The first-order valence-electron chi connectivity index (χ1n) is 12.4. The number of H-pyrrole nitrogens is 1. The molecule has 0 atom stereocenters. The molecule has 1 aromatic carbocycles. The number of halogens is 5. The molecule has 2 heterocycles.